The molecule has 6 heteroatoms. The smallest absolute Gasteiger partial charge is 0.300 e. The minimum absolute atomic E-state index is 0.298. The van der Waals surface area contributed by atoms with Crippen molar-refractivity contribution in [1.29, 1.82) is 0 Å². The van der Waals surface area contributed by atoms with Gasteiger partial charge in [0, 0.05) is 5.56 Å². The lowest BCUT2D eigenvalue weighted by Crippen LogP contribution is -2.40. The molecule has 0 unspecified atom stereocenters. The molecule has 0 aromatic heterocycles. The van der Waals surface area contributed by atoms with Crippen LogP contribution in [0.2, 0.25) is 0 Å². The third kappa shape index (κ3) is 4.20. The first-order chi connectivity index (χ1) is 9.76. The number of aliphatic hydroxyl groups is 1. The van der Waals surface area contributed by atoms with Crippen molar-refractivity contribution in [3.8, 4) is 0 Å². The van der Waals surface area contributed by atoms with Crippen LogP contribution >= 0.6 is 0 Å². The van der Waals surface area contributed by atoms with Crippen molar-refractivity contribution in [1.82, 2.24) is 0 Å². The normalized spacial score (nSPS) is 15.8. The highest BCUT2D eigenvalue weighted by molar-refractivity contribution is 7.85. The molecule has 0 aliphatic carbocycles. The summed E-state index contributed by atoms with van der Waals surface area (Å²) in [5.74, 6) is -3.40. The van der Waals surface area contributed by atoms with E-state index in [9.17, 15) is 18.1 Å². The second kappa shape index (κ2) is 6.16. The Morgan fingerprint density at radius 3 is 2.18 bits per heavy atom. The van der Waals surface area contributed by atoms with E-state index in [-0.39, 0.29) is 5.56 Å². The molecule has 1 atom stereocenters. The third-order valence-corrected chi connectivity index (χ3v) is 4.64. The standard InChI is InChI=1S/C16H23F2NO2S/c1-11(19-22(21)14(2,3)4)12-8-7-9-13(10-12)16(17,18)15(5,6)20/h7-10,20H,1-6H3/b19-11-/t22-/m1/s1. The highest BCUT2D eigenvalue weighted by Gasteiger charge is 2.47. The predicted octanol–water partition coefficient (Wildman–Crippen LogP) is 3.82. The van der Waals surface area contributed by atoms with E-state index in [1.165, 1.54) is 18.2 Å². The molecule has 0 fully saturated rings. The third-order valence-electron chi connectivity index (χ3n) is 3.15. The van der Waals surface area contributed by atoms with Crippen LogP contribution in [0, 0.1) is 0 Å². The molecule has 0 radical (unpaired) electrons. The molecule has 0 spiro atoms. The van der Waals surface area contributed by atoms with E-state index in [0.29, 0.717) is 11.3 Å². The van der Waals surface area contributed by atoms with Crippen molar-refractivity contribution in [3.63, 3.8) is 0 Å². The van der Waals surface area contributed by atoms with Crippen LogP contribution in [0.3, 0.4) is 0 Å². The topological polar surface area (TPSA) is 49.7 Å². The Morgan fingerprint density at radius 2 is 1.73 bits per heavy atom. The molecule has 1 N–H and O–H groups in total. The van der Waals surface area contributed by atoms with Gasteiger partial charge < -0.3 is 5.11 Å². The van der Waals surface area contributed by atoms with Gasteiger partial charge in [0.25, 0.3) is 0 Å². The van der Waals surface area contributed by atoms with Gasteiger partial charge in [-0.1, -0.05) is 18.2 Å². The monoisotopic (exact) mass is 331 g/mol. The second-order valence-electron chi connectivity index (χ2n) is 6.75. The van der Waals surface area contributed by atoms with Crippen molar-refractivity contribution in [2.45, 2.75) is 57.8 Å². The van der Waals surface area contributed by atoms with E-state index >= 15 is 0 Å². The number of rotatable bonds is 4. The minimum atomic E-state index is -3.40. The van der Waals surface area contributed by atoms with Crippen molar-refractivity contribution < 1.29 is 18.1 Å². The molecular formula is C16H23F2NO2S. The first kappa shape index (κ1) is 18.9. The van der Waals surface area contributed by atoms with Crippen molar-refractivity contribution in [2.75, 3.05) is 0 Å². The molecule has 0 saturated heterocycles. The molecule has 22 heavy (non-hydrogen) atoms. The van der Waals surface area contributed by atoms with Crippen LogP contribution in [0.4, 0.5) is 8.78 Å². The molecule has 0 amide bonds. The molecule has 0 aliphatic heterocycles. The Kier molecular flexibility index (Phi) is 5.30. The highest BCUT2D eigenvalue weighted by Crippen LogP contribution is 2.38. The molecule has 3 nitrogen and oxygen atoms in total. The Balaban J connectivity index is 3.23. The van der Waals surface area contributed by atoms with E-state index in [0.717, 1.165) is 13.8 Å². The fourth-order valence-electron chi connectivity index (χ4n) is 1.61. The van der Waals surface area contributed by atoms with Crippen LogP contribution in [0.1, 0.15) is 52.7 Å². The zero-order valence-corrected chi connectivity index (χ0v) is 14.6. The fourth-order valence-corrected chi connectivity index (χ4v) is 2.23. The zero-order valence-electron chi connectivity index (χ0n) is 13.8. The number of nitrogens with zero attached hydrogens (tertiary/aromatic N) is 1. The van der Waals surface area contributed by atoms with Gasteiger partial charge in [0.1, 0.15) is 16.6 Å². The molecular weight excluding hydrogens is 308 g/mol. The first-order valence-corrected chi connectivity index (χ1v) is 8.06. The molecule has 0 heterocycles. The molecule has 0 saturated carbocycles. The average molecular weight is 331 g/mol. The van der Waals surface area contributed by atoms with Crippen LogP contribution < -0.4 is 0 Å². The van der Waals surface area contributed by atoms with Crippen LogP contribution in [-0.4, -0.2) is 25.4 Å². The van der Waals surface area contributed by atoms with E-state index in [1.807, 2.05) is 0 Å². The van der Waals surface area contributed by atoms with Gasteiger partial charge >= 0.3 is 5.92 Å². The fraction of sp³-hybridized carbons (Fsp3) is 0.562. The van der Waals surface area contributed by atoms with E-state index < -0.39 is 27.3 Å². The van der Waals surface area contributed by atoms with Crippen molar-refractivity contribution >= 4 is 16.7 Å². The number of benzene rings is 1. The molecule has 1 aromatic carbocycles. The summed E-state index contributed by atoms with van der Waals surface area (Å²) in [5.41, 5.74) is -1.60. The van der Waals surface area contributed by atoms with E-state index in [4.69, 9.17) is 0 Å². The number of halogens is 2. The van der Waals surface area contributed by atoms with E-state index in [1.54, 1.807) is 33.8 Å². The van der Waals surface area contributed by atoms with Crippen LogP contribution in [-0.2, 0) is 16.9 Å². The molecule has 1 rings (SSSR count). The first-order valence-electron chi connectivity index (χ1n) is 6.95. The molecule has 124 valence electrons. The summed E-state index contributed by atoms with van der Waals surface area (Å²) >= 11 is 0. The van der Waals surface area contributed by atoms with Gasteiger partial charge in [0.2, 0.25) is 0 Å². The lowest BCUT2D eigenvalue weighted by molar-refractivity contribution is -0.168. The molecule has 1 aromatic rings. The Bertz CT molecular complexity index is 599. The number of hydrogen-bond donors (Lipinski definition) is 1. The maximum Gasteiger partial charge on any atom is 0.300 e. The number of hydrogen-bond acceptors (Lipinski definition) is 2. The lowest BCUT2D eigenvalue weighted by Gasteiger charge is -2.29. The SMILES string of the molecule is C/C(=N/[S@](=O)C(C)(C)C)c1cccc(C(F)(F)C(C)(C)O)c1. The van der Waals surface area contributed by atoms with Gasteiger partial charge in [-0.3, -0.25) is 0 Å². The largest absolute Gasteiger partial charge is 0.384 e. The van der Waals surface area contributed by atoms with Gasteiger partial charge in [0.15, 0.2) is 0 Å². The number of alkyl halides is 2. The average Bonchev–Trinajstić information content (AvgIpc) is 2.36. The Labute approximate surface area is 133 Å². The van der Waals surface area contributed by atoms with Crippen LogP contribution in [0.25, 0.3) is 0 Å². The Hall–Kier alpha value is -1.14. The van der Waals surface area contributed by atoms with Gasteiger partial charge in [0.05, 0.1) is 10.5 Å². The predicted molar refractivity (Wildman–Crippen MR) is 86.7 cm³/mol. The van der Waals surface area contributed by atoms with E-state index in [2.05, 4.69) is 4.40 Å². The second-order valence-corrected chi connectivity index (χ2v) is 8.66. The quantitative estimate of drug-likeness (QED) is 0.853. The van der Waals surface area contributed by atoms with Crippen molar-refractivity contribution in [3.05, 3.63) is 35.4 Å². The van der Waals surface area contributed by atoms with Gasteiger partial charge in [-0.2, -0.15) is 13.2 Å². The van der Waals surface area contributed by atoms with Gasteiger partial charge in [-0.05, 0) is 53.2 Å². The zero-order chi connectivity index (χ0) is 17.3. The summed E-state index contributed by atoms with van der Waals surface area (Å²) in [5, 5.41) is 9.65. The Morgan fingerprint density at radius 1 is 1.18 bits per heavy atom. The summed E-state index contributed by atoms with van der Waals surface area (Å²) < 4.78 is 44.0. The van der Waals surface area contributed by atoms with Crippen LogP contribution in [0.5, 0.6) is 0 Å². The maximum absolute atomic E-state index is 14.2. The molecule has 0 bridgehead atoms. The summed E-state index contributed by atoms with van der Waals surface area (Å²) in [6.45, 7) is 9.13. The highest BCUT2D eigenvalue weighted by atomic mass is 32.2. The van der Waals surface area contributed by atoms with Gasteiger partial charge in [-0.15, -0.1) is 0 Å². The van der Waals surface area contributed by atoms with Crippen LogP contribution in [0.15, 0.2) is 28.7 Å². The maximum atomic E-state index is 14.2. The summed E-state index contributed by atoms with van der Waals surface area (Å²) in [4.78, 5) is 0. The summed E-state index contributed by atoms with van der Waals surface area (Å²) in [7, 11) is -1.46. The molecule has 0 aliphatic rings. The minimum Gasteiger partial charge on any atom is -0.384 e. The lowest BCUT2D eigenvalue weighted by atomic mass is 9.92. The summed E-state index contributed by atoms with van der Waals surface area (Å²) in [6.07, 6.45) is 0. The summed E-state index contributed by atoms with van der Waals surface area (Å²) in [6, 6.07) is 5.64. The van der Waals surface area contributed by atoms with Gasteiger partial charge in [-0.25, -0.2) is 4.21 Å². The van der Waals surface area contributed by atoms with Crippen molar-refractivity contribution in [2.24, 2.45) is 4.40 Å².